The molecule has 0 saturated heterocycles. The van der Waals surface area contributed by atoms with Crippen LogP contribution >= 0.6 is 0 Å². The molecule has 2 unspecified atom stereocenters. The molecule has 2 saturated carbocycles. The summed E-state index contributed by atoms with van der Waals surface area (Å²) in [5.41, 5.74) is -1.85. The molecule has 0 radical (unpaired) electrons. The Kier molecular flexibility index (Phi) is 7.59. The molecule has 190 valence electrons. The maximum absolute atomic E-state index is 13.4. The molecule has 2 aliphatic rings. The first kappa shape index (κ1) is 26.0. The number of aromatic nitrogens is 2. The normalized spacial score (nSPS) is 20.5. The second-order valence-electron chi connectivity index (χ2n) is 11.2. The van der Waals surface area contributed by atoms with Crippen LogP contribution in [0.25, 0.3) is 0 Å². The number of nitrogens with zero attached hydrogens (tertiary/aromatic N) is 2. The molecule has 0 bridgehead atoms. The molecule has 0 aliphatic heterocycles. The number of amides is 3. The van der Waals surface area contributed by atoms with Crippen molar-refractivity contribution in [3.05, 3.63) is 12.3 Å². The van der Waals surface area contributed by atoms with Gasteiger partial charge in [-0.1, -0.05) is 19.8 Å². The van der Waals surface area contributed by atoms with Gasteiger partial charge >= 0.3 is 6.09 Å². The number of nitrogens with one attached hydrogen (secondary N) is 3. The van der Waals surface area contributed by atoms with Crippen molar-refractivity contribution < 1.29 is 24.2 Å². The number of alkyl carbamates (subject to hydrolysis) is 1. The summed E-state index contributed by atoms with van der Waals surface area (Å²) >= 11 is 0. The van der Waals surface area contributed by atoms with Crippen molar-refractivity contribution in [3.8, 4) is 0 Å². The van der Waals surface area contributed by atoms with E-state index in [-0.39, 0.29) is 5.41 Å². The molecule has 1 heterocycles. The average Bonchev–Trinajstić information content (AvgIpc) is 3.30. The van der Waals surface area contributed by atoms with E-state index in [9.17, 15) is 19.5 Å². The van der Waals surface area contributed by atoms with Crippen molar-refractivity contribution >= 4 is 23.7 Å². The van der Waals surface area contributed by atoms with Crippen LogP contribution < -0.4 is 16.0 Å². The predicted octanol–water partition coefficient (Wildman–Crippen LogP) is 2.62. The zero-order chi connectivity index (χ0) is 25.1. The number of hydrogen-bond donors (Lipinski definition) is 4. The van der Waals surface area contributed by atoms with Gasteiger partial charge in [-0.2, -0.15) is 5.10 Å². The molecule has 1 aromatic heterocycles. The molecule has 2 aliphatic carbocycles. The highest BCUT2D eigenvalue weighted by molar-refractivity contribution is 5.95. The van der Waals surface area contributed by atoms with Crippen molar-refractivity contribution in [2.24, 2.45) is 12.5 Å². The first-order chi connectivity index (χ1) is 15.8. The third kappa shape index (κ3) is 6.49. The lowest BCUT2D eigenvalue weighted by Crippen LogP contribution is -2.66. The Bertz CT molecular complexity index is 896. The molecule has 0 aromatic carbocycles. The van der Waals surface area contributed by atoms with Crippen LogP contribution in [0.5, 0.6) is 0 Å². The van der Waals surface area contributed by atoms with E-state index < -0.39 is 41.2 Å². The van der Waals surface area contributed by atoms with Crippen LogP contribution in [0.2, 0.25) is 0 Å². The highest BCUT2D eigenvalue weighted by Gasteiger charge is 2.49. The van der Waals surface area contributed by atoms with Gasteiger partial charge in [0.1, 0.15) is 11.6 Å². The van der Waals surface area contributed by atoms with E-state index in [1.807, 2.05) is 0 Å². The average molecular weight is 478 g/mol. The third-order valence-electron chi connectivity index (χ3n) is 6.87. The lowest BCUT2D eigenvalue weighted by molar-refractivity contribution is -0.137. The van der Waals surface area contributed by atoms with E-state index in [4.69, 9.17) is 4.74 Å². The molecular formula is C24H39N5O5. The fourth-order valence-electron chi connectivity index (χ4n) is 4.87. The van der Waals surface area contributed by atoms with Crippen LogP contribution in [0.1, 0.15) is 79.1 Å². The number of carbonyl (C=O) groups excluding carboxylic acids is 3. The van der Waals surface area contributed by atoms with Crippen molar-refractivity contribution in [2.45, 2.75) is 102 Å². The molecule has 2 atom stereocenters. The van der Waals surface area contributed by atoms with Gasteiger partial charge in [0.15, 0.2) is 11.9 Å². The first-order valence-electron chi connectivity index (χ1n) is 12.1. The van der Waals surface area contributed by atoms with E-state index in [2.05, 4.69) is 28.0 Å². The van der Waals surface area contributed by atoms with Crippen LogP contribution in [-0.2, 0) is 21.4 Å². The summed E-state index contributed by atoms with van der Waals surface area (Å²) in [4.78, 5) is 38.7. The van der Waals surface area contributed by atoms with Crippen LogP contribution in [0.15, 0.2) is 12.3 Å². The minimum atomic E-state index is -1.45. The van der Waals surface area contributed by atoms with Crippen LogP contribution in [0, 0.1) is 5.41 Å². The van der Waals surface area contributed by atoms with Gasteiger partial charge in [-0.25, -0.2) is 4.79 Å². The molecule has 34 heavy (non-hydrogen) atoms. The molecular weight excluding hydrogens is 438 g/mol. The molecule has 3 rings (SSSR count). The summed E-state index contributed by atoms with van der Waals surface area (Å²) in [6.07, 6.45) is 5.88. The Morgan fingerprint density at radius 1 is 1.15 bits per heavy atom. The van der Waals surface area contributed by atoms with Crippen LogP contribution in [-0.4, -0.2) is 56.1 Å². The molecule has 10 heteroatoms. The van der Waals surface area contributed by atoms with Crippen molar-refractivity contribution in [1.82, 2.24) is 20.4 Å². The van der Waals surface area contributed by atoms with E-state index in [1.165, 1.54) is 0 Å². The lowest BCUT2D eigenvalue weighted by Gasteiger charge is -2.46. The summed E-state index contributed by atoms with van der Waals surface area (Å²) in [6, 6.07) is 0.793. The molecule has 0 spiro atoms. The molecule has 3 amide bonds. The number of anilines is 1. The number of aryl methyl sites for hydroxylation is 1. The Balaban J connectivity index is 1.71. The predicted molar refractivity (Wildman–Crippen MR) is 127 cm³/mol. The fraction of sp³-hybridized carbons (Fsp3) is 0.750. The van der Waals surface area contributed by atoms with Gasteiger partial charge in [0, 0.05) is 19.3 Å². The van der Waals surface area contributed by atoms with E-state index in [1.54, 1.807) is 44.8 Å². The maximum Gasteiger partial charge on any atom is 0.408 e. The van der Waals surface area contributed by atoms with E-state index in [0.29, 0.717) is 25.1 Å². The second kappa shape index (κ2) is 9.93. The van der Waals surface area contributed by atoms with Gasteiger partial charge in [-0.15, -0.1) is 0 Å². The minimum absolute atomic E-state index is 0.0707. The summed E-state index contributed by atoms with van der Waals surface area (Å²) in [5, 5.41) is 23.2. The Morgan fingerprint density at radius 3 is 2.29 bits per heavy atom. The highest BCUT2D eigenvalue weighted by Crippen LogP contribution is 2.42. The topological polar surface area (TPSA) is 135 Å². The van der Waals surface area contributed by atoms with Gasteiger partial charge in [0.05, 0.1) is 5.54 Å². The van der Waals surface area contributed by atoms with Crippen LogP contribution in [0.3, 0.4) is 0 Å². The highest BCUT2D eigenvalue weighted by atomic mass is 16.6. The zero-order valence-corrected chi connectivity index (χ0v) is 20.9. The van der Waals surface area contributed by atoms with Crippen molar-refractivity contribution in [2.75, 3.05) is 5.32 Å². The lowest BCUT2D eigenvalue weighted by atomic mass is 9.71. The van der Waals surface area contributed by atoms with Crippen LogP contribution in [0.4, 0.5) is 10.6 Å². The SMILES string of the molecule is Cn1ccc(NC(=O)C(O)C2(NC(=O)C(CC3(C)CCCC3)NC(=O)OC(C)(C)C)CCC2)n1. The number of ether oxygens (including phenoxy) is 1. The standard InChI is InChI=1S/C24H39N5O5/c1-22(2,3)34-21(33)25-16(15-23(4)10-6-7-11-23)19(31)27-24(12-8-13-24)18(30)20(32)26-17-9-14-29(5)28-17/h9,14,16,18,30H,6-8,10-13,15H2,1-5H3,(H,25,33)(H,27,31)(H,26,28,32). The summed E-state index contributed by atoms with van der Waals surface area (Å²) in [6.45, 7) is 7.42. The fourth-order valence-corrected chi connectivity index (χ4v) is 4.87. The zero-order valence-electron chi connectivity index (χ0n) is 20.9. The monoisotopic (exact) mass is 477 g/mol. The van der Waals surface area contributed by atoms with E-state index in [0.717, 1.165) is 32.1 Å². The maximum atomic E-state index is 13.4. The number of hydrogen-bond acceptors (Lipinski definition) is 6. The van der Waals surface area contributed by atoms with Gasteiger partial charge in [-0.05, 0) is 64.7 Å². The van der Waals surface area contributed by atoms with Gasteiger partial charge in [0.25, 0.3) is 5.91 Å². The Labute approximate surface area is 201 Å². The summed E-state index contributed by atoms with van der Waals surface area (Å²) in [7, 11) is 1.72. The minimum Gasteiger partial charge on any atom is -0.444 e. The van der Waals surface area contributed by atoms with Gasteiger partial charge in [0.2, 0.25) is 5.91 Å². The largest absolute Gasteiger partial charge is 0.444 e. The summed E-state index contributed by atoms with van der Waals surface area (Å²) < 4.78 is 6.93. The van der Waals surface area contributed by atoms with Crippen molar-refractivity contribution in [1.29, 1.82) is 0 Å². The quantitative estimate of drug-likeness (QED) is 0.455. The Morgan fingerprint density at radius 2 is 1.79 bits per heavy atom. The number of rotatable bonds is 8. The third-order valence-corrected chi connectivity index (χ3v) is 6.87. The molecule has 4 N–H and O–H groups in total. The smallest absolute Gasteiger partial charge is 0.408 e. The molecule has 1 aromatic rings. The Hall–Kier alpha value is -2.62. The van der Waals surface area contributed by atoms with Gasteiger partial charge in [-0.3, -0.25) is 14.3 Å². The van der Waals surface area contributed by atoms with Gasteiger partial charge < -0.3 is 25.8 Å². The number of aliphatic hydroxyl groups is 1. The van der Waals surface area contributed by atoms with Crippen molar-refractivity contribution in [3.63, 3.8) is 0 Å². The summed E-state index contributed by atoms with van der Waals surface area (Å²) in [5.74, 6) is -0.715. The molecule has 10 nitrogen and oxygen atoms in total. The molecule has 2 fully saturated rings. The first-order valence-corrected chi connectivity index (χ1v) is 12.1. The second-order valence-corrected chi connectivity index (χ2v) is 11.2. The number of carbonyl (C=O) groups is 3. The number of aliphatic hydroxyl groups excluding tert-OH is 1. The van der Waals surface area contributed by atoms with E-state index >= 15 is 0 Å².